The molecule has 0 spiro atoms. The average Bonchev–Trinajstić information content (AvgIpc) is 2.47. The van der Waals surface area contributed by atoms with Crippen molar-refractivity contribution in [2.24, 2.45) is 0 Å². The van der Waals surface area contributed by atoms with Crippen LogP contribution in [0.3, 0.4) is 0 Å². The molecular formula is C16H16O2S. The Kier molecular flexibility index (Phi) is 5.04. The minimum Gasteiger partial charge on any atom is -0.458 e. The first-order chi connectivity index (χ1) is 9.31. The van der Waals surface area contributed by atoms with E-state index >= 15 is 0 Å². The lowest BCUT2D eigenvalue weighted by atomic mass is 10.0. The summed E-state index contributed by atoms with van der Waals surface area (Å²) in [7, 11) is 0. The van der Waals surface area contributed by atoms with Gasteiger partial charge in [-0.25, -0.2) is 4.79 Å². The third kappa shape index (κ3) is 3.86. The second kappa shape index (κ2) is 7.00. The number of carbonyl (C=O) groups excluding carboxylic acids is 1. The molecule has 19 heavy (non-hydrogen) atoms. The molecule has 2 nitrogen and oxygen atoms in total. The third-order valence-electron chi connectivity index (χ3n) is 2.68. The molecule has 0 unspecified atom stereocenters. The van der Waals surface area contributed by atoms with Gasteiger partial charge in [0, 0.05) is 0 Å². The highest BCUT2D eigenvalue weighted by molar-refractivity contribution is 8.13. The summed E-state index contributed by atoms with van der Waals surface area (Å²) in [5.41, 5.74) is 2.21. The van der Waals surface area contributed by atoms with Gasteiger partial charge in [0.25, 0.3) is 0 Å². The highest BCUT2D eigenvalue weighted by atomic mass is 32.2. The van der Waals surface area contributed by atoms with E-state index in [9.17, 15) is 4.79 Å². The zero-order valence-corrected chi connectivity index (χ0v) is 11.6. The van der Waals surface area contributed by atoms with E-state index in [2.05, 4.69) is 0 Å². The van der Waals surface area contributed by atoms with Gasteiger partial charge in [-0.15, -0.1) is 0 Å². The second-order valence-corrected chi connectivity index (χ2v) is 5.04. The lowest BCUT2D eigenvalue weighted by molar-refractivity contribution is 0.181. The number of carbonyl (C=O) groups is 1. The lowest BCUT2D eigenvalue weighted by Crippen LogP contribution is -2.03. The molecule has 0 aliphatic rings. The van der Waals surface area contributed by atoms with Gasteiger partial charge in [0.15, 0.2) is 0 Å². The molecule has 0 aliphatic carbocycles. The smallest absolute Gasteiger partial charge is 0.368 e. The predicted octanol–water partition coefficient (Wildman–Crippen LogP) is 4.67. The van der Waals surface area contributed by atoms with Gasteiger partial charge in [-0.05, 0) is 29.8 Å². The monoisotopic (exact) mass is 272 g/mol. The molecule has 0 amide bonds. The first kappa shape index (κ1) is 13.7. The molecule has 0 aliphatic heterocycles. The summed E-state index contributed by atoms with van der Waals surface area (Å²) in [6.07, 6.45) is 0. The van der Waals surface area contributed by atoms with E-state index in [4.69, 9.17) is 4.74 Å². The molecule has 3 heteroatoms. The van der Waals surface area contributed by atoms with E-state index in [1.807, 2.05) is 67.6 Å². The molecule has 0 N–H and O–H groups in total. The minimum absolute atomic E-state index is 0.0264. The molecule has 0 heterocycles. The summed E-state index contributed by atoms with van der Waals surface area (Å²) < 4.78 is 5.04. The standard InChI is InChI=1S/C16H16O2S/c1-2-18-16(17)19-15(13-9-5-3-6-10-13)14-11-7-4-8-12-14/h3-12,15H,2H2,1H3. The maximum Gasteiger partial charge on any atom is 0.368 e. The van der Waals surface area contributed by atoms with Gasteiger partial charge < -0.3 is 4.74 Å². The van der Waals surface area contributed by atoms with Crippen LogP contribution >= 0.6 is 11.8 Å². The van der Waals surface area contributed by atoms with Crippen molar-refractivity contribution in [1.29, 1.82) is 0 Å². The van der Waals surface area contributed by atoms with Gasteiger partial charge in [-0.2, -0.15) is 0 Å². The molecule has 2 rings (SSSR count). The Morgan fingerprint density at radius 3 is 1.89 bits per heavy atom. The van der Waals surface area contributed by atoms with Crippen LogP contribution in [0.4, 0.5) is 4.79 Å². The lowest BCUT2D eigenvalue weighted by Gasteiger charge is -2.16. The normalized spacial score (nSPS) is 10.4. The van der Waals surface area contributed by atoms with E-state index in [1.54, 1.807) is 0 Å². The second-order valence-electron chi connectivity index (χ2n) is 4.00. The van der Waals surface area contributed by atoms with Crippen LogP contribution in [0.25, 0.3) is 0 Å². The van der Waals surface area contributed by atoms with Crippen LogP contribution in [-0.4, -0.2) is 11.9 Å². The SMILES string of the molecule is CCOC(=O)SC(c1ccccc1)c1ccccc1. The van der Waals surface area contributed by atoms with E-state index in [0.29, 0.717) is 6.61 Å². The maximum atomic E-state index is 11.7. The van der Waals surface area contributed by atoms with E-state index < -0.39 is 0 Å². The number of hydrogen-bond acceptors (Lipinski definition) is 3. The molecule has 0 bridgehead atoms. The summed E-state index contributed by atoms with van der Waals surface area (Å²) in [5.74, 6) is 0. The molecule has 0 fully saturated rings. The van der Waals surface area contributed by atoms with Crippen molar-refractivity contribution in [1.82, 2.24) is 0 Å². The zero-order chi connectivity index (χ0) is 13.5. The van der Waals surface area contributed by atoms with Gasteiger partial charge in [0.1, 0.15) is 0 Å². The highest BCUT2D eigenvalue weighted by Gasteiger charge is 2.19. The quantitative estimate of drug-likeness (QED) is 0.757. The number of thioether (sulfide) groups is 1. The zero-order valence-electron chi connectivity index (χ0n) is 10.8. The fraction of sp³-hybridized carbons (Fsp3) is 0.188. The minimum atomic E-state index is -0.236. The number of benzene rings is 2. The van der Waals surface area contributed by atoms with E-state index in [-0.39, 0.29) is 10.6 Å². The Labute approximate surface area is 117 Å². The Morgan fingerprint density at radius 1 is 1.00 bits per heavy atom. The van der Waals surface area contributed by atoms with Gasteiger partial charge in [-0.1, -0.05) is 60.7 Å². The Bertz CT molecular complexity index is 471. The first-order valence-corrected chi connectivity index (χ1v) is 7.12. The molecule has 0 radical (unpaired) electrons. The van der Waals surface area contributed by atoms with Crippen LogP contribution < -0.4 is 0 Å². The molecular weight excluding hydrogens is 256 g/mol. The van der Waals surface area contributed by atoms with Gasteiger partial charge in [-0.3, -0.25) is 0 Å². The third-order valence-corrected chi connectivity index (χ3v) is 3.77. The van der Waals surface area contributed by atoms with Crippen LogP contribution in [0.1, 0.15) is 23.3 Å². The Hall–Kier alpha value is -1.74. The summed E-state index contributed by atoms with van der Waals surface area (Å²) in [4.78, 5) is 11.7. The van der Waals surface area contributed by atoms with Crippen LogP contribution in [0.2, 0.25) is 0 Å². The molecule has 0 atom stereocenters. The van der Waals surface area contributed by atoms with Crippen LogP contribution in [0, 0.1) is 0 Å². The number of ether oxygens (including phenoxy) is 1. The summed E-state index contributed by atoms with van der Waals surface area (Å²) in [6.45, 7) is 2.22. The average molecular weight is 272 g/mol. The van der Waals surface area contributed by atoms with Crippen LogP contribution in [0.15, 0.2) is 60.7 Å². The Balaban J connectivity index is 2.26. The van der Waals surface area contributed by atoms with Crippen LogP contribution in [-0.2, 0) is 4.74 Å². The van der Waals surface area contributed by atoms with Gasteiger partial charge in [0.2, 0.25) is 0 Å². The van der Waals surface area contributed by atoms with E-state index in [0.717, 1.165) is 11.1 Å². The van der Waals surface area contributed by atoms with Crippen molar-refractivity contribution in [2.75, 3.05) is 6.61 Å². The number of hydrogen-bond donors (Lipinski definition) is 0. The molecule has 2 aromatic rings. The van der Waals surface area contributed by atoms with Crippen molar-refractivity contribution in [3.05, 3.63) is 71.8 Å². The molecule has 0 saturated carbocycles. The largest absolute Gasteiger partial charge is 0.458 e. The number of rotatable bonds is 4. The first-order valence-electron chi connectivity index (χ1n) is 6.24. The molecule has 2 aromatic carbocycles. The molecule has 0 saturated heterocycles. The molecule has 98 valence electrons. The fourth-order valence-corrected chi connectivity index (χ4v) is 2.80. The maximum absolute atomic E-state index is 11.7. The highest BCUT2D eigenvalue weighted by Crippen LogP contribution is 2.36. The van der Waals surface area contributed by atoms with Crippen molar-refractivity contribution in [3.63, 3.8) is 0 Å². The van der Waals surface area contributed by atoms with Crippen molar-refractivity contribution < 1.29 is 9.53 Å². The van der Waals surface area contributed by atoms with Crippen molar-refractivity contribution in [3.8, 4) is 0 Å². The van der Waals surface area contributed by atoms with Crippen molar-refractivity contribution in [2.45, 2.75) is 12.2 Å². The van der Waals surface area contributed by atoms with Gasteiger partial charge in [0.05, 0.1) is 11.9 Å². The summed E-state index contributed by atoms with van der Waals surface area (Å²) in [6, 6.07) is 20.0. The topological polar surface area (TPSA) is 26.3 Å². The summed E-state index contributed by atoms with van der Waals surface area (Å²) >= 11 is 1.21. The van der Waals surface area contributed by atoms with Crippen LogP contribution in [0.5, 0.6) is 0 Å². The summed E-state index contributed by atoms with van der Waals surface area (Å²) in [5, 5.41) is -0.262. The van der Waals surface area contributed by atoms with E-state index in [1.165, 1.54) is 11.8 Å². The predicted molar refractivity (Wildman–Crippen MR) is 79.3 cm³/mol. The fourth-order valence-electron chi connectivity index (χ4n) is 1.83. The molecule has 0 aromatic heterocycles. The van der Waals surface area contributed by atoms with Crippen molar-refractivity contribution >= 4 is 17.1 Å². The Morgan fingerprint density at radius 2 is 1.47 bits per heavy atom. The van der Waals surface area contributed by atoms with Gasteiger partial charge >= 0.3 is 5.30 Å².